The van der Waals surface area contributed by atoms with Gasteiger partial charge in [-0.05, 0) is 36.8 Å². The number of hydrogen-bond acceptors (Lipinski definition) is 7. The lowest BCUT2D eigenvalue weighted by Crippen LogP contribution is -2.44. The molecule has 0 aromatic heterocycles. The summed E-state index contributed by atoms with van der Waals surface area (Å²) in [5, 5.41) is 13.5. The Hall–Kier alpha value is -4.28. The van der Waals surface area contributed by atoms with Crippen LogP contribution in [0.25, 0.3) is 0 Å². The molecule has 3 rings (SSSR count). The van der Waals surface area contributed by atoms with E-state index in [1.807, 2.05) is 0 Å². The number of fused-ring (bicyclic) bond motifs is 1. The smallest absolute Gasteiger partial charge is 0.328 e. The molecule has 0 atom stereocenters. The first-order chi connectivity index (χ1) is 14.7. The second kappa shape index (κ2) is 8.61. The third kappa shape index (κ3) is 4.34. The number of hydrogen-bond donors (Lipinski definition) is 2. The van der Waals surface area contributed by atoms with Gasteiger partial charge >= 0.3 is 6.03 Å². The van der Waals surface area contributed by atoms with E-state index in [2.05, 4.69) is 5.32 Å². The van der Waals surface area contributed by atoms with Crippen molar-refractivity contribution in [2.75, 3.05) is 23.7 Å². The number of nitrogens with two attached hydrogens (primary N) is 1. The maximum absolute atomic E-state index is 12.5. The molecule has 1 heterocycles. The number of nitro benzene ring substituents is 1. The molecule has 5 amide bonds. The molecule has 11 nitrogen and oxygen atoms in total. The maximum Gasteiger partial charge on any atom is 0.328 e. The van der Waals surface area contributed by atoms with Crippen LogP contribution in [0.4, 0.5) is 21.9 Å². The number of nitrogen functional groups attached to an aromatic ring is 1. The number of anilines is 2. The molecule has 160 valence electrons. The molecular formula is C20H19N5O6. The SMILES string of the molecule is CC(=O)N(C(=O)NCCCN1C(=O)c2ccc([N+](=O)[O-])cc2C1=O)c1ccc(N)cc1. The van der Waals surface area contributed by atoms with Crippen molar-refractivity contribution in [1.29, 1.82) is 0 Å². The van der Waals surface area contributed by atoms with Crippen LogP contribution in [0.5, 0.6) is 0 Å². The Bertz CT molecular complexity index is 1080. The summed E-state index contributed by atoms with van der Waals surface area (Å²) in [6, 6.07) is 9.04. The summed E-state index contributed by atoms with van der Waals surface area (Å²) in [6.45, 7) is 1.33. The molecule has 0 spiro atoms. The van der Waals surface area contributed by atoms with Gasteiger partial charge in [-0.15, -0.1) is 0 Å². The van der Waals surface area contributed by atoms with Gasteiger partial charge in [0.2, 0.25) is 5.91 Å². The van der Waals surface area contributed by atoms with Crippen molar-refractivity contribution in [2.24, 2.45) is 0 Å². The molecule has 31 heavy (non-hydrogen) atoms. The minimum Gasteiger partial charge on any atom is -0.399 e. The van der Waals surface area contributed by atoms with Gasteiger partial charge in [0.15, 0.2) is 0 Å². The zero-order valence-corrected chi connectivity index (χ0v) is 16.5. The first kappa shape index (κ1) is 21.4. The Morgan fingerprint density at radius 2 is 1.74 bits per heavy atom. The molecular weight excluding hydrogens is 406 g/mol. The zero-order valence-electron chi connectivity index (χ0n) is 16.5. The fourth-order valence-corrected chi connectivity index (χ4v) is 3.17. The maximum atomic E-state index is 12.5. The highest BCUT2D eigenvalue weighted by molar-refractivity contribution is 6.21. The van der Waals surface area contributed by atoms with Gasteiger partial charge in [0.05, 0.1) is 21.7 Å². The molecule has 0 aliphatic carbocycles. The van der Waals surface area contributed by atoms with Crippen LogP contribution in [0.1, 0.15) is 34.1 Å². The van der Waals surface area contributed by atoms with E-state index in [4.69, 9.17) is 5.73 Å². The van der Waals surface area contributed by atoms with E-state index < -0.39 is 28.7 Å². The third-order valence-corrected chi connectivity index (χ3v) is 4.67. The highest BCUT2D eigenvalue weighted by atomic mass is 16.6. The predicted octanol–water partition coefficient (Wildman–Crippen LogP) is 1.93. The van der Waals surface area contributed by atoms with Crippen LogP contribution in [-0.4, -0.2) is 46.7 Å². The number of nitrogens with zero attached hydrogens (tertiary/aromatic N) is 3. The molecule has 0 fully saturated rings. The lowest BCUT2D eigenvalue weighted by molar-refractivity contribution is -0.384. The largest absolute Gasteiger partial charge is 0.399 e. The topological polar surface area (TPSA) is 156 Å². The van der Waals surface area contributed by atoms with E-state index in [0.717, 1.165) is 15.9 Å². The number of carbonyl (C=O) groups excluding carboxylic acids is 4. The van der Waals surface area contributed by atoms with Crippen LogP contribution < -0.4 is 16.0 Å². The Labute approximate surface area is 176 Å². The Morgan fingerprint density at radius 1 is 1.10 bits per heavy atom. The number of urea groups is 1. The van der Waals surface area contributed by atoms with Crippen LogP contribution in [0, 0.1) is 10.1 Å². The third-order valence-electron chi connectivity index (χ3n) is 4.67. The van der Waals surface area contributed by atoms with E-state index in [0.29, 0.717) is 11.4 Å². The first-order valence-electron chi connectivity index (χ1n) is 9.29. The number of nitro groups is 1. The highest BCUT2D eigenvalue weighted by Gasteiger charge is 2.36. The van der Waals surface area contributed by atoms with Gasteiger partial charge in [-0.3, -0.25) is 29.4 Å². The van der Waals surface area contributed by atoms with Gasteiger partial charge in [0.1, 0.15) is 0 Å². The molecule has 1 aliphatic rings. The summed E-state index contributed by atoms with van der Waals surface area (Å²) < 4.78 is 0. The number of carbonyl (C=O) groups is 4. The van der Waals surface area contributed by atoms with E-state index in [-0.39, 0.29) is 36.3 Å². The predicted molar refractivity (Wildman–Crippen MR) is 110 cm³/mol. The van der Waals surface area contributed by atoms with Gasteiger partial charge in [0.25, 0.3) is 17.5 Å². The van der Waals surface area contributed by atoms with E-state index in [1.54, 1.807) is 12.1 Å². The van der Waals surface area contributed by atoms with E-state index >= 15 is 0 Å². The standard InChI is InChI=1S/C20H19N5O6/c1-12(26)24(14-5-3-13(21)4-6-14)20(29)22-9-2-10-23-18(27)16-8-7-15(25(30)31)11-17(16)19(23)28/h3-8,11H,2,9-10,21H2,1H3,(H,22,29). The molecule has 0 radical (unpaired) electrons. The number of nitrogens with one attached hydrogen (secondary N) is 1. The van der Waals surface area contributed by atoms with Gasteiger partial charge in [-0.2, -0.15) is 0 Å². The van der Waals surface area contributed by atoms with E-state index in [9.17, 15) is 29.3 Å². The summed E-state index contributed by atoms with van der Waals surface area (Å²) in [6.07, 6.45) is 0.229. The number of benzene rings is 2. The second-order valence-corrected chi connectivity index (χ2v) is 6.78. The normalized spacial score (nSPS) is 12.5. The first-order valence-corrected chi connectivity index (χ1v) is 9.29. The average molecular weight is 425 g/mol. The van der Waals surface area contributed by atoms with Crippen molar-refractivity contribution in [2.45, 2.75) is 13.3 Å². The summed E-state index contributed by atoms with van der Waals surface area (Å²) >= 11 is 0. The molecule has 0 saturated carbocycles. The monoisotopic (exact) mass is 425 g/mol. The molecule has 1 aliphatic heterocycles. The Morgan fingerprint density at radius 3 is 2.35 bits per heavy atom. The Kier molecular flexibility index (Phi) is 5.95. The van der Waals surface area contributed by atoms with Gasteiger partial charge in [0, 0.05) is 37.8 Å². The number of rotatable bonds is 6. The van der Waals surface area contributed by atoms with Crippen LogP contribution in [0.2, 0.25) is 0 Å². The molecule has 11 heteroatoms. The molecule has 3 N–H and O–H groups in total. The molecule has 2 aromatic rings. The van der Waals surface area contributed by atoms with Crippen molar-refractivity contribution in [1.82, 2.24) is 10.2 Å². The average Bonchev–Trinajstić information content (AvgIpc) is 2.96. The molecule has 0 unspecified atom stereocenters. The van der Waals surface area contributed by atoms with Gasteiger partial charge < -0.3 is 11.1 Å². The second-order valence-electron chi connectivity index (χ2n) is 6.78. The van der Waals surface area contributed by atoms with Crippen LogP contribution in [0.15, 0.2) is 42.5 Å². The van der Waals surface area contributed by atoms with Crippen LogP contribution >= 0.6 is 0 Å². The molecule has 2 aromatic carbocycles. The van der Waals surface area contributed by atoms with Crippen molar-refractivity contribution in [3.8, 4) is 0 Å². The van der Waals surface area contributed by atoms with Crippen LogP contribution in [0.3, 0.4) is 0 Å². The Balaban J connectivity index is 1.58. The summed E-state index contributed by atoms with van der Waals surface area (Å²) in [4.78, 5) is 61.3. The summed E-state index contributed by atoms with van der Waals surface area (Å²) in [5.74, 6) is -1.67. The van der Waals surface area contributed by atoms with Crippen molar-refractivity contribution < 1.29 is 24.1 Å². The highest BCUT2D eigenvalue weighted by Crippen LogP contribution is 2.26. The van der Waals surface area contributed by atoms with Crippen molar-refractivity contribution >= 4 is 40.8 Å². The van der Waals surface area contributed by atoms with Crippen molar-refractivity contribution in [3.63, 3.8) is 0 Å². The minimum absolute atomic E-state index is 0.00235. The minimum atomic E-state index is -0.657. The fourth-order valence-electron chi connectivity index (χ4n) is 3.17. The van der Waals surface area contributed by atoms with E-state index in [1.165, 1.54) is 31.2 Å². The fraction of sp³-hybridized carbons (Fsp3) is 0.200. The number of amides is 5. The van der Waals surface area contributed by atoms with Crippen molar-refractivity contribution in [3.05, 3.63) is 63.7 Å². The summed E-state index contributed by atoms with van der Waals surface area (Å²) in [5.41, 5.74) is 6.26. The number of imide groups is 2. The lowest BCUT2D eigenvalue weighted by atomic mass is 10.1. The molecule has 0 bridgehead atoms. The molecule has 0 saturated heterocycles. The lowest BCUT2D eigenvalue weighted by Gasteiger charge is -2.20. The quantitative estimate of drug-likeness (QED) is 0.235. The number of non-ortho nitro benzene ring substituents is 1. The van der Waals surface area contributed by atoms with Gasteiger partial charge in [-0.25, -0.2) is 9.69 Å². The zero-order chi connectivity index (χ0) is 22.7. The summed E-state index contributed by atoms with van der Waals surface area (Å²) in [7, 11) is 0. The van der Waals surface area contributed by atoms with Crippen LogP contribution in [-0.2, 0) is 4.79 Å². The van der Waals surface area contributed by atoms with Gasteiger partial charge in [-0.1, -0.05) is 0 Å².